The predicted octanol–water partition coefficient (Wildman–Crippen LogP) is 3.88. The van der Waals surface area contributed by atoms with Gasteiger partial charge in [-0.1, -0.05) is 19.1 Å². The third kappa shape index (κ3) is 6.49. The van der Waals surface area contributed by atoms with E-state index in [9.17, 15) is 0 Å². The number of piperazine rings is 1. The highest BCUT2D eigenvalue weighted by Gasteiger charge is 2.20. The van der Waals surface area contributed by atoms with E-state index < -0.39 is 0 Å². The molecule has 30 heavy (non-hydrogen) atoms. The van der Waals surface area contributed by atoms with Crippen molar-refractivity contribution in [3.8, 4) is 11.5 Å². The van der Waals surface area contributed by atoms with Crippen LogP contribution in [0, 0.1) is 0 Å². The number of aliphatic imine (C=N–C) groups is 1. The summed E-state index contributed by atoms with van der Waals surface area (Å²) in [6.07, 6.45) is 0. The average molecular weight is 545 g/mol. The lowest BCUT2D eigenvalue weighted by Gasteiger charge is -2.36. The van der Waals surface area contributed by atoms with Crippen molar-refractivity contribution < 1.29 is 9.47 Å². The highest BCUT2D eigenvalue weighted by molar-refractivity contribution is 14.0. The number of hydrogen-bond acceptors (Lipinski definition) is 5. The van der Waals surface area contributed by atoms with Crippen LogP contribution in [0.5, 0.6) is 11.5 Å². The van der Waals surface area contributed by atoms with Gasteiger partial charge >= 0.3 is 0 Å². The molecule has 2 heterocycles. The third-order valence-electron chi connectivity index (χ3n) is 5.33. The number of rotatable bonds is 7. The molecular weight excluding hydrogens is 511 g/mol. The Morgan fingerprint density at radius 1 is 1.13 bits per heavy atom. The van der Waals surface area contributed by atoms with Gasteiger partial charge in [0.2, 0.25) is 0 Å². The zero-order valence-corrected chi connectivity index (χ0v) is 21.4. The summed E-state index contributed by atoms with van der Waals surface area (Å²) >= 11 is 1.81. The molecule has 3 rings (SSSR count). The second-order valence-corrected chi connectivity index (χ2v) is 8.28. The van der Waals surface area contributed by atoms with E-state index in [0.29, 0.717) is 5.92 Å². The van der Waals surface area contributed by atoms with Crippen LogP contribution in [0.25, 0.3) is 0 Å². The van der Waals surface area contributed by atoms with Crippen molar-refractivity contribution in [1.29, 1.82) is 0 Å². The zero-order chi connectivity index (χ0) is 20.6. The lowest BCUT2D eigenvalue weighted by Crippen LogP contribution is -2.52. The normalized spacial score (nSPS) is 16.0. The molecule has 1 saturated heterocycles. The molecule has 0 aliphatic carbocycles. The van der Waals surface area contributed by atoms with E-state index in [1.165, 1.54) is 10.4 Å². The second-order valence-electron chi connectivity index (χ2n) is 7.30. The monoisotopic (exact) mass is 544 g/mol. The van der Waals surface area contributed by atoms with E-state index in [4.69, 9.17) is 9.47 Å². The Kier molecular flexibility index (Phi) is 10.2. The molecule has 166 valence electrons. The number of thiophene rings is 1. The summed E-state index contributed by atoms with van der Waals surface area (Å²) in [5.41, 5.74) is 1.24. The SMILES string of the molecule is CN=C(NCC(C)c1cccs1)N1CCN(Cc2ccc(OC)c(OC)c2)CC1.I. The van der Waals surface area contributed by atoms with Crippen LogP contribution < -0.4 is 14.8 Å². The van der Waals surface area contributed by atoms with Gasteiger partial charge in [0.05, 0.1) is 14.2 Å². The topological polar surface area (TPSA) is 49.3 Å². The summed E-state index contributed by atoms with van der Waals surface area (Å²) in [5.74, 6) is 3.04. The van der Waals surface area contributed by atoms with Crippen LogP contribution in [0.2, 0.25) is 0 Å². The average Bonchev–Trinajstić information content (AvgIpc) is 3.30. The van der Waals surface area contributed by atoms with E-state index in [2.05, 4.69) is 56.7 Å². The van der Waals surface area contributed by atoms with Crippen molar-refractivity contribution in [2.24, 2.45) is 4.99 Å². The van der Waals surface area contributed by atoms with Gasteiger partial charge in [-0.05, 0) is 29.1 Å². The van der Waals surface area contributed by atoms with Crippen LogP contribution in [-0.2, 0) is 6.54 Å². The molecule has 1 aliphatic rings. The first-order valence-corrected chi connectivity index (χ1v) is 10.9. The fraction of sp³-hybridized carbons (Fsp3) is 0.500. The first-order valence-electron chi connectivity index (χ1n) is 10.1. The summed E-state index contributed by atoms with van der Waals surface area (Å²) in [6, 6.07) is 10.5. The van der Waals surface area contributed by atoms with Crippen LogP contribution in [0.4, 0.5) is 0 Å². The van der Waals surface area contributed by atoms with Crippen LogP contribution in [0.1, 0.15) is 23.3 Å². The minimum absolute atomic E-state index is 0. The molecule has 0 radical (unpaired) electrons. The van der Waals surface area contributed by atoms with Crippen molar-refractivity contribution in [3.05, 3.63) is 46.2 Å². The van der Waals surface area contributed by atoms with Crippen molar-refractivity contribution in [3.63, 3.8) is 0 Å². The number of ether oxygens (including phenoxy) is 2. The summed E-state index contributed by atoms with van der Waals surface area (Å²) < 4.78 is 10.8. The fourth-order valence-electron chi connectivity index (χ4n) is 3.60. The molecule has 1 atom stereocenters. The molecule has 0 spiro atoms. The smallest absolute Gasteiger partial charge is 0.193 e. The number of hydrogen-bond donors (Lipinski definition) is 1. The van der Waals surface area contributed by atoms with Gasteiger partial charge in [-0.25, -0.2) is 0 Å². The van der Waals surface area contributed by atoms with Crippen LogP contribution >= 0.6 is 35.3 Å². The quantitative estimate of drug-likeness (QED) is 0.326. The minimum Gasteiger partial charge on any atom is -0.493 e. The van der Waals surface area contributed by atoms with Crippen molar-refractivity contribution in [2.75, 3.05) is 54.0 Å². The maximum Gasteiger partial charge on any atom is 0.193 e. The molecule has 0 saturated carbocycles. The highest BCUT2D eigenvalue weighted by atomic mass is 127. The molecule has 0 amide bonds. The molecule has 1 N–H and O–H groups in total. The van der Waals surface area contributed by atoms with Gasteiger partial charge in [0.25, 0.3) is 0 Å². The first-order chi connectivity index (χ1) is 14.1. The van der Waals surface area contributed by atoms with Crippen molar-refractivity contribution >= 4 is 41.3 Å². The van der Waals surface area contributed by atoms with Crippen LogP contribution in [-0.4, -0.2) is 69.8 Å². The summed E-state index contributed by atoms with van der Waals surface area (Å²) in [5, 5.41) is 5.69. The maximum atomic E-state index is 5.43. The lowest BCUT2D eigenvalue weighted by atomic mass is 10.1. The van der Waals surface area contributed by atoms with E-state index in [0.717, 1.165) is 56.7 Å². The van der Waals surface area contributed by atoms with Gasteiger partial charge in [0, 0.05) is 57.1 Å². The molecule has 1 aliphatic heterocycles. The van der Waals surface area contributed by atoms with Gasteiger partial charge in [-0.2, -0.15) is 0 Å². The number of methoxy groups -OCH3 is 2. The second kappa shape index (κ2) is 12.4. The standard InChI is InChI=1S/C22H32N4O2S.HI/c1-17(21-6-5-13-29-21)15-24-22(23-2)26-11-9-25(10-12-26)16-18-7-8-19(27-3)20(14-18)28-4;/h5-8,13-14,17H,9-12,15-16H2,1-4H3,(H,23,24);1H. The summed E-state index contributed by atoms with van der Waals surface area (Å²) in [6.45, 7) is 8.04. The Morgan fingerprint density at radius 3 is 2.47 bits per heavy atom. The van der Waals surface area contributed by atoms with Crippen molar-refractivity contribution in [1.82, 2.24) is 15.1 Å². The number of benzene rings is 1. The highest BCUT2D eigenvalue weighted by Crippen LogP contribution is 2.28. The molecular formula is C22H33IN4O2S. The number of nitrogens with zero attached hydrogens (tertiary/aromatic N) is 3. The van der Waals surface area contributed by atoms with Gasteiger partial charge in [0.1, 0.15) is 0 Å². The first kappa shape index (κ1) is 24.7. The fourth-order valence-corrected chi connectivity index (χ4v) is 4.39. The molecule has 0 bridgehead atoms. The van der Waals surface area contributed by atoms with Gasteiger partial charge < -0.3 is 19.7 Å². The van der Waals surface area contributed by atoms with Crippen LogP contribution in [0.3, 0.4) is 0 Å². The van der Waals surface area contributed by atoms with Gasteiger partial charge in [-0.3, -0.25) is 9.89 Å². The Balaban J connectivity index is 0.00000320. The van der Waals surface area contributed by atoms with E-state index in [1.54, 1.807) is 14.2 Å². The molecule has 8 heteroatoms. The lowest BCUT2D eigenvalue weighted by molar-refractivity contribution is 0.172. The van der Waals surface area contributed by atoms with Gasteiger partial charge in [0.15, 0.2) is 17.5 Å². The maximum absolute atomic E-state index is 5.43. The Hall–Kier alpha value is -1.52. The summed E-state index contributed by atoms with van der Waals surface area (Å²) in [7, 11) is 5.21. The Labute approximate surface area is 201 Å². The van der Waals surface area contributed by atoms with E-state index in [1.807, 2.05) is 24.5 Å². The molecule has 1 aromatic carbocycles. The Morgan fingerprint density at radius 2 is 1.87 bits per heavy atom. The zero-order valence-electron chi connectivity index (χ0n) is 18.3. The molecule has 1 fully saturated rings. The predicted molar refractivity (Wildman–Crippen MR) is 136 cm³/mol. The largest absolute Gasteiger partial charge is 0.493 e. The van der Waals surface area contributed by atoms with Gasteiger partial charge in [-0.15, -0.1) is 35.3 Å². The van der Waals surface area contributed by atoms with Crippen LogP contribution in [0.15, 0.2) is 40.7 Å². The molecule has 1 unspecified atom stereocenters. The van der Waals surface area contributed by atoms with E-state index >= 15 is 0 Å². The number of nitrogens with one attached hydrogen (secondary N) is 1. The molecule has 1 aromatic heterocycles. The van der Waals surface area contributed by atoms with Crippen molar-refractivity contribution in [2.45, 2.75) is 19.4 Å². The van der Waals surface area contributed by atoms with E-state index in [-0.39, 0.29) is 24.0 Å². The molecule has 2 aromatic rings. The number of guanidine groups is 1. The minimum atomic E-state index is 0. The molecule has 6 nitrogen and oxygen atoms in total. The Bertz CT molecular complexity index is 792. The summed E-state index contributed by atoms with van der Waals surface area (Å²) in [4.78, 5) is 10.7. The third-order valence-corrected chi connectivity index (χ3v) is 6.44. The number of halogens is 1.